The highest BCUT2D eigenvalue weighted by Crippen LogP contribution is 2.19. The van der Waals surface area contributed by atoms with Crippen LogP contribution in [0.2, 0.25) is 0 Å². The average Bonchev–Trinajstić information content (AvgIpc) is 2.90. The average molecular weight is 314 g/mol. The van der Waals surface area contributed by atoms with Gasteiger partial charge >= 0.3 is 0 Å². The number of nitrogens with one attached hydrogen (secondary N) is 1. The van der Waals surface area contributed by atoms with Crippen molar-refractivity contribution in [3.8, 4) is 0 Å². The molecule has 2 aromatic rings. The molecule has 0 unspecified atom stereocenters. The Hall–Kier alpha value is -1.88. The standard InChI is InChI=1S/C18H26N4O/c1-21(18(23)8-7-14-9-11-19-12-10-14)13-17-20-15-5-3-4-6-16(15)22(17)2/h3-6,14,19H,7-13H2,1-2H3. The van der Waals surface area contributed by atoms with Gasteiger partial charge in [-0.15, -0.1) is 0 Å². The van der Waals surface area contributed by atoms with Gasteiger partial charge in [-0.2, -0.15) is 0 Å². The van der Waals surface area contributed by atoms with Crippen molar-refractivity contribution >= 4 is 16.9 Å². The number of carbonyl (C=O) groups is 1. The molecule has 0 spiro atoms. The maximum Gasteiger partial charge on any atom is 0.222 e. The third-order valence-corrected chi connectivity index (χ3v) is 4.91. The van der Waals surface area contributed by atoms with Gasteiger partial charge in [0, 0.05) is 20.5 Å². The van der Waals surface area contributed by atoms with E-state index in [0.717, 1.165) is 36.4 Å². The Morgan fingerprint density at radius 2 is 2.09 bits per heavy atom. The van der Waals surface area contributed by atoms with E-state index >= 15 is 0 Å². The van der Waals surface area contributed by atoms with Crippen LogP contribution in [0, 0.1) is 5.92 Å². The monoisotopic (exact) mass is 314 g/mol. The van der Waals surface area contributed by atoms with Crippen LogP contribution in [0.3, 0.4) is 0 Å². The molecule has 23 heavy (non-hydrogen) atoms. The molecule has 124 valence electrons. The SMILES string of the molecule is CN(Cc1nc2ccccc2n1C)C(=O)CCC1CCNCC1. The van der Waals surface area contributed by atoms with E-state index in [-0.39, 0.29) is 5.91 Å². The number of fused-ring (bicyclic) bond motifs is 1. The van der Waals surface area contributed by atoms with E-state index in [1.54, 1.807) is 0 Å². The van der Waals surface area contributed by atoms with Crippen molar-refractivity contribution in [1.29, 1.82) is 0 Å². The zero-order valence-corrected chi connectivity index (χ0v) is 14.1. The third kappa shape index (κ3) is 3.72. The molecular formula is C18H26N4O. The smallest absolute Gasteiger partial charge is 0.222 e. The van der Waals surface area contributed by atoms with E-state index in [9.17, 15) is 4.79 Å². The van der Waals surface area contributed by atoms with Crippen molar-refractivity contribution in [2.45, 2.75) is 32.2 Å². The summed E-state index contributed by atoms with van der Waals surface area (Å²) >= 11 is 0. The van der Waals surface area contributed by atoms with E-state index in [4.69, 9.17) is 0 Å². The van der Waals surface area contributed by atoms with Gasteiger partial charge in [-0.3, -0.25) is 4.79 Å². The molecule has 1 amide bonds. The van der Waals surface area contributed by atoms with Gasteiger partial charge in [0.25, 0.3) is 0 Å². The molecule has 5 nitrogen and oxygen atoms in total. The Morgan fingerprint density at radius 3 is 2.83 bits per heavy atom. The van der Waals surface area contributed by atoms with Crippen molar-refractivity contribution < 1.29 is 4.79 Å². The summed E-state index contributed by atoms with van der Waals surface area (Å²) in [6.45, 7) is 2.75. The topological polar surface area (TPSA) is 50.2 Å². The summed E-state index contributed by atoms with van der Waals surface area (Å²) in [6, 6.07) is 8.08. The second kappa shape index (κ2) is 7.13. The second-order valence-electron chi connectivity index (χ2n) is 6.56. The minimum atomic E-state index is 0.218. The van der Waals surface area contributed by atoms with E-state index in [0.29, 0.717) is 18.9 Å². The van der Waals surface area contributed by atoms with Crippen LogP contribution in [0.5, 0.6) is 0 Å². The maximum atomic E-state index is 12.4. The molecule has 1 aromatic heterocycles. The minimum absolute atomic E-state index is 0.218. The predicted octanol–water partition coefficient (Wildman–Crippen LogP) is 2.31. The van der Waals surface area contributed by atoms with Gasteiger partial charge in [0.15, 0.2) is 0 Å². The Bertz CT molecular complexity index is 673. The first-order valence-corrected chi connectivity index (χ1v) is 8.50. The Balaban J connectivity index is 1.57. The second-order valence-corrected chi connectivity index (χ2v) is 6.56. The molecule has 1 fully saturated rings. The van der Waals surface area contributed by atoms with Gasteiger partial charge in [0.2, 0.25) is 5.91 Å². The lowest BCUT2D eigenvalue weighted by Gasteiger charge is -2.23. The number of aromatic nitrogens is 2. The Labute approximate surface area is 137 Å². The molecule has 1 saturated heterocycles. The molecule has 0 bridgehead atoms. The first kappa shape index (κ1) is 16.0. The molecule has 0 atom stereocenters. The third-order valence-electron chi connectivity index (χ3n) is 4.91. The maximum absolute atomic E-state index is 12.4. The number of amides is 1. The van der Waals surface area contributed by atoms with E-state index < -0.39 is 0 Å². The highest BCUT2D eigenvalue weighted by molar-refractivity contribution is 5.77. The number of hydrogen-bond acceptors (Lipinski definition) is 3. The number of imidazole rings is 1. The number of aryl methyl sites for hydroxylation is 1. The van der Waals surface area contributed by atoms with Crippen LogP contribution in [0.25, 0.3) is 11.0 Å². The van der Waals surface area contributed by atoms with Gasteiger partial charge in [0.05, 0.1) is 17.6 Å². The molecule has 5 heteroatoms. The quantitative estimate of drug-likeness (QED) is 0.921. The van der Waals surface area contributed by atoms with Crippen LogP contribution < -0.4 is 5.32 Å². The molecule has 1 aromatic carbocycles. The summed E-state index contributed by atoms with van der Waals surface area (Å²) in [5.74, 6) is 1.85. The van der Waals surface area contributed by atoms with Crippen LogP contribution >= 0.6 is 0 Å². The number of benzene rings is 1. The van der Waals surface area contributed by atoms with Gasteiger partial charge in [-0.1, -0.05) is 12.1 Å². The van der Waals surface area contributed by atoms with Crippen LogP contribution in [0.4, 0.5) is 0 Å². The molecule has 1 aliphatic heterocycles. The molecule has 0 radical (unpaired) electrons. The fraction of sp³-hybridized carbons (Fsp3) is 0.556. The first-order chi connectivity index (χ1) is 11.1. The van der Waals surface area contributed by atoms with Crippen LogP contribution in [0.15, 0.2) is 24.3 Å². The van der Waals surface area contributed by atoms with Gasteiger partial charge in [0.1, 0.15) is 5.82 Å². The highest BCUT2D eigenvalue weighted by atomic mass is 16.2. The van der Waals surface area contributed by atoms with Gasteiger partial charge in [-0.25, -0.2) is 4.98 Å². The summed E-state index contributed by atoms with van der Waals surface area (Å²) in [6.07, 6.45) is 4.04. The summed E-state index contributed by atoms with van der Waals surface area (Å²) < 4.78 is 2.08. The van der Waals surface area contributed by atoms with Crippen molar-refractivity contribution in [1.82, 2.24) is 19.8 Å². The van der Waals surface area contributed by atoms with Crippen LogP contribution in [0.1, 0.15) is 31.5 Å². The van der Waals surface area contributed by atoms with E-state index in [1.807, 2.05) is 37.2 Å². The molecule has 0 saturated carbocycles. The first-order valence-electron chi connectivity index (χ1n) is 8.50. The fourth-order valence-corrected chi connectivity index (χ4v) is 3.33. The molecule has 0 aliphatic carbocycles. The molecule has 2 heterocycles. The molecule has 1 N–H and O–H groups in total. The minimum Gasteiger partial charge on any atom is -0.338 e. The van der Waals surface area contributed by atoms with Crippen molar-refractivity contribution in [2.24, 2.45) is 13.0 Å². The van der Waals surface area contributed by atoms with Gasteiger partial charge < -0.3 is 14.8 Å². The summed E-state index contributed by atoms with van der Waals surface area (Å²) in [4.78, 5) is 18.8. The zero-order valence-electron chi connectivity index (χ0n) is 14.1. The Kier molecular flexibility index (Phi) is 4.96. The van der Waals surface area contributed by atoms with Crippen molar-refractivity contribution in [3.05, 3.63) is 30.1 Å². The lowest BCUT2D eigenvalue weighted by molar-refractivity contribution is -0.130. The molecule has 3 rings (SSSR count). The van der Waals surface area contributed by atoms with E-state index in [2.05, 4.69) is 20.9 Å². The molecule has 1 aliphatic rings. The lowest BCUT2D eigenvalue weighted by atomic mass is 9.93. The fourth-order valence-electron chi connectivity index (χ4n) is 3.33. The number of nitrogens with zero attached hydrogens (tertiary/aromatic N) is 3. The zero-order chi connectivity index (χ0) is 16.2. The Morgan fingerprint density at radius 1 is 1.35 bits per heavy atom. The van der Waals surface area contributed by atoms with Crippen LogP contribution in [-0.2, 0) is 18.4 Å². The van der Waals surface area contributed by atoms with Crippen molar-refractivity contribution in [3.63, 3.8) is 0 Å². The summed E-state index contributed by atoms with van der Waals surface area (Å²) in [7, 11) is 3.89. The summed E-state index contributed by atoms with van der Waals surface area (Å²) in [5.41, 5.74) is 2.10. The van der Waals surface area contributed by atoms with Crippen molar-refractivity contribution in [2.75, 3.05) is 20.1 Å². The highest BCUT2D eigenvalue weighted by Gasteiger charge is 2.17. The predicted molar refractivity (Wildman–Crippen MR) is 92.0 cm³/mol. The lowest BCUT2D eigenvalue weighted by Crippen LogP contribution is -2.30. The van der Waals surface area contributed by atoms with Gasteiger partial charge in [-0.05, 0) is 50.4 Å². The number of carbonyl (C=O) groups excluding carboxylic acids is 1. The van der Waals surface area contributed by atoms with Crippen LogP contribution in [-0.4, -0.2) is 40.5 Å². The largest absolute Gasteiger partial charge is 0.338 e. The van der Waals surface area contributed by atoms with E-state index in [1.165, 1.54) is 12.8 Å². The number of para-hydroxylation sites is 2. The number of rotatable bonds is 5. The summed E-state index contributed by atoms with van der Waals surface area (Å²) in [5, 5.41) is 3.37. The number of hydrogen-bond donors (Lipinski definition) is 1. The number of piperidine rings is 1. The normalized spacial score (nSPS) is 15.9. The molecular weight excluding hydrogens is 288 g/mol.